The van der Waals surface area contributed by atoms with Crippen LogP contribution in [0.2, 0.25) is 0 Å². The van der Waals surface area contributed by atoms with Crippen molar-refractivity contribution >= 4 is 16.8 Å². The van der Waals surface area contributed by atoms with E-state index in [4.69, 9.17) is 0 Å². The lowest BCUT2D eigenvalue weighted by Gasteiger charge is -2.02. The fraction of sp³-hybridized carbons (Fsp3) is 0.357. The number of benzene rings is 1. The molecule has 0 fully saturated rings. The van der Waals surface area contributed by atoms with E-state index in [1.54, 1.807) is 12.1 Å². The highest BCUT2D eigenvalue weighted by atomic mass is 19.1. The van der Waals surface area contributed by atoms with Crippen molar-refractivity contribution in [3.8, 4) is 0 Å². The van der Waals surface area contributed by atoms with Crippen LogP contribution in [0.5, 0.6) is 0 Å². The molecule has 0 saturated heterocycles. The van der Waals surface area contributed by atoms with Crippen molar-refractivity contribution in [3.63, 3.8) is 0 Å². The van der Waals surface area contributed by atoms with Gasteiger partial charge < -0.3 is 10.3 Å². The summed E-state index contributed by atoms with van der Waals surface area (Å²) in [7, 11) is 0. The van der Waals surface area contributed by atoms with Crippen LogP contribution >= 0.6 is 0 Å². The molecule has 0 aliphatic carbocycles. The predicted octanol–water partition coefficient (Wildman–Crippen LogP) is 3.23. The first-order valence-electron chi connectivity index (χ1n) is 6.27. The van der Waals surface area contributed by atoms with E-state index < -0.39 is 0 Å². The van der Waals surface area contributed by atoms with Crippen molar-refractivity contribution in [2.45, 2.75) is 26.2 Å². The molecule has 0 saturated carbocycles. The van der Waals surface area contributed by atoms with Gasteiger partial charge in [-0.25, -0.2) is 4.39 Å². The number of hydrogen-bond donors (Lipinski definition) is 2. The summed E-state index contributed by atoms with van der Waals surface area (Å²) in [5.74, 6) is -0.443. The number of aromatic amines is 1. The normalized spacial score (nSPS) is 10.8. The first-order chi connectivity index (χ1) is 8.70. The number of fused-ring (bicyclic) bond motifs is 1. The summed E-state index contributed by atoms with van der Waals surface area (Å²) in [5, 5.41) is 3.69. The molecule has 0 aliphatic rings. The number of nitrogens with one attached hydrogen (secondary N) is 2. The Morgan fingerprint density at radius 1 is 1.33 bits per heavy atom. The molecular weight excluding hydrogens is 231 g/mol. The van der Waals surface area contributed by atoms with E-state index in [0.29, 0.717) is 17.8 Å². The van der Waals surface area contributed by atoms with Crippen LogP contribution in [0.1, 0.15) is 36.7 Å². The highest BCUT2D eigenvalue weighted by Crippen LogP contribution is 2.16. The van der Waals surface area contributed by atoms with Gasteiger partial charge in [0.25, 0.3) is 5.91 Å². The Bertz CT molecular complexity index is 548. The molecule has 2 N–H and O–H groups in total. The molecule has 0 aliphatic heterocycles. The van der Waals surface area contributed by atoms with E-state index in [1.807, 2.05) is 0 Å². The van der Waals surface area contributed by atoms with Crippen molar-refractivity contribution in [3.05, 3.63) is 35.8 Å². The number of rotatable bonds is 5. The average Bonchev–Trinajstić information content (AvgIpc) is 2.77. The Morgan fingerprint density at radius 2 is 2.17 bits per heavy atom. The SMILES string of the molecule is CCCCCNC(=O)c1cc2ccc(F)cc2[nH]1. The smallest absolute Gasteiger partial charge is 0.267 e. The molecule has 1 aromatic carbocycles. The first-order valence-corrected chi connectivity index (χ1v) is 6.27. The number of amides is 1. The van der Waals surface area contributed by atoms with Crippen molar-refractivity contribution < 1.29 is 9.18 Å². The highest BCUT2D eigenvalue weighted by molar-refractivity contribution is 5.97. The van der Waals surface area contributed by atoms with Gasteiger partial charge in [0, 0.05) is 17.4 Å². The molecule has 18 heavy (non-hydrogen) atoms. The van der Waals surface area contributed by atoms with Crippen molar-refractivity contribution in [1.29, 1.82) is 0 Å². The molecule has 2 aromatic rings. The van der Waals surface area contributed by atoms with Crippen molar-refractivity contribution in [2.75, 3.05) is 6.54 Å². The summed E-state index contributed by atoms with van der Waals surface area (Å²) < 4.78 is 13.0. The molecule has 1 heterocycles. The van der Waals surface area contributed by atoms with Crippen LogP contribution in [0, 0.1) is 5.82 Å². The molecule has 96 valence electrons. The minimum atomic E-state index is -0.306. The molecular formula is C14H17FN2O. The maximum atomic E-state index is 13.0. The Balaban J connectivity index is 2.04. The highest BCUT2D eigenvalue weighted by Gasteiger charge is 2.08. The predicted molar refractivity (Wildman–Crippen MR) is 70.1 cm³/mol. The van der Waals surface area contributed by atoms with Gasteiger partial charge in [0.05, 0.1) is 0 Å². The monoisotopic (exact) mass is 248 g/mol. The first kappa shape index (κ1) is 12.6. The van der Waals surface area contributed by atoms with Gasteiger partial charge in [0.1, 0.15) is 11.5 Å². The Hall–Kier alpha value is -1.84. The van der Waals surface area contributed by atoms with Crippen LogP contribution in [-0.4, -0.2) is 17.4 Å². The van der Waals surface area contributed by atoms with E-state index >= 15 is 0 Å². The maximum absolute atomic E-state index is 13.0. The molecule has 1 aromatic heterocycles. The number of aromatic nitrogens is 1. The summed E-state index contributed by atoms with van der Waals surface area (Å²) in [6.45, 7) is 2.80. The largest absolute Gasteiger partial charge is 0.351 e. The molecule has 4 heteroatoms. The number of carbonyl (C=O) groups excluding carboxylic acids is 1. The van der Waals surface area contributed by atoms with Gasteiger partial charge in [-0.2, -0.15) is 0 Å². The van der Waals surface area contributed by atoms with Gasteiger partial charge in [-0.05, 0) is 30.7 Å². The van der Waals surface area contributed by atoms with Gasteiger partial charge in [0.15, 0.2) is 0 Å². The standard InChI is InChI=1S/C14H17FN2O/c1-2-3-4-7-16-14(18)13-8-10-5-6-11(15)9-12(10)17-13/h5-6,8-9,17H,2-4,7H2,1H3,(H,16,18). The zero-order valence-corrected chi connectivity index (χ0v) is 10.4. The van der Waals surface area contributed by atoms with Gasteiger partial charge in [0.2, 0.25) is 0 Å². The van der Waals surface area contributed by atoms with Gasteiger partial charge in [-0.3, -0.25) is 4.79 Å². The van der Waals surface area contributed by atoms with E-state index in [-0.39, 0.29) is 11.7 Å². The number of unbranched alkanes of at least 4 members (excludes halogenated alkanes) is 2. The third-order valence-electron chi connectivity index (χ3n) is 2.90. The third-order valence-corrected chi connectivity index (χ3v) is 2.90. The number of carbonyl (C=O) groups is 1. The quantitative estimate of drug-likeness (QED) is 0.784. The topological polar surface area (TPSA) is 44.9 Å². The van der Waals surface area contributed by atoms with Crippen LogP contribution in [-0.2, 0) is 0 Å². The molecule has 2 rings (SSSR count). The van der Waals surface area contributed by atoms with E-state index in [2.05, 4.69) is 17.2 Å². The fourth-order valence-corrected chi connectivity index (χ4v) is 1.89. The molecule has 0 radical (unpaired) electrons. The lowest BCUT2D eigenvalue weighted by molar-refractivity contribution is 0.0949. The Labute approximate surface area is 105 Å². The summed E-state index contributed by atoms with van der Waals surface area (Å²) in [6, 6.07) is 6.18. The zero-order chi connectivity index (χ0) is 13.0. The van der Waals surface area contributed by atoms with Crippen LogP contribution in [0.25, 0.3) is 10.9 Å². The van der Waals surface area contributed by atoms with Gasteiger partial charge in [-0.15, -0.1) is 0 Å². The second-order valence-corrected chi connectivity index (χ2v) is 4.38. The lowest BCUT2D eigenvalue weighted by atomic mass is 10.2. The molecule has 0 atom stereocenters. The van der Waals surface area contributed by atoms with Crippen LogP contribution < -0.4 is 5.32 Å². The second kappa shape index (κ2) is 5.67. The van der Waals surface area contributed by atoms with E-state index in [1.165, 1.54) is 12.1 Å². The molecule has 1 amide bonds. The zero-order valence-electron chi connectivity index (χ0n) is 10.4. The minimum Gasteiger partial charge on any atom is -0.351 e. The molecule has 0 unspecified atom stereocenters. The number of H-pyrrole nitrogens is 1. The summed E-state index contributed by atoms with van der Waals surface area (Å²) in [5.41, 5.74) is 1.13. The van der Waals surface area contributed by atoms with E-state index in [0.717, 1.165) is 24.6 Å². The molecule has 0 bridgehead atoms. The van der Waals surface area contributed by atoms with Crippen LogP contribution in [0.15, 0.2) is 24.3 Å². The summed E-state index contributed by atoms with van der Waals surface area (Å²) >= 11 is 0. The Morgan fingerprint density at radius 3 is 2.94 bits per heavy atom. The minimum absolute atomic E-state index is 0.136. The van der Waals surface area contributed by atoms with Crippen LogP contribution in [0.3, 0.4) is 0 Å². The maximum Gasteiger partial charge on any atom is 0.267 e. The third kappa shape index (κ3) is 2.88. The molecule has 3 nitrogen and oxygen atoms in total. The van der Waals surface area contributed by atoms with Crippen molar-refractivity contribution in [1.82, 2.24) is 10.3 Å². The van der Waals surface area contributed by atoms with Crippen LogP contribution in [0.4, 0.5) is 4.39 Å². The Kier molecular flexibility index (Phi) is 3.97. The van der Waals surface area contributed by atoms with Gasteiger partial charge >= 0.3 is 0 Å². The van der Waals surface area contributed by atoms with Crippen molar-refractivity contribution in [2.24, 2.45) is 0 Å². The van der Waals surface area contributed by atoms with Gasteiger partial charge in [-0.1, -0.05) is 19.8 Å². The van der Waals surface area contributed by atoms with E-state index in [9.17, 15) is 9.18 Å². The lowest BCUT2D eigenvalue weighted by Crippen LogP contribution is -2.24. The fourth-order valence-electron chi connectivity index (χ4n) is 1.89. The average molecular weight is 248 g/mol. The molecule has 0 spiro atoms. The number of hydrogen-bond acceptors (Lipinski definition) is 1. The summed E-state index contributed by atoms with van der Waals surface area (Å²) in [6.07, 6.45) is 3.22. The summed E-state index contributed by atoms with van der Waals surface area (Å²) in [4.78, 5) is 14.8. The second-order valence-electron chi connectivity index (χ2n) is 4.38. The number of halogens is 1.